The maximum Gasteiger partial charge on any atom is 0.278 e. The van der Waals surface area contributed by atoms with E-state index in [2.05, 4.69) is 38.0 Å². The summed E-state index contributed by atoms with van der Waals surface area (Å²) >= 11 is 0. The van der Waals surface area contributed by atoms with Crippen molar-refractivity contribution in [2.24, 2.45) is 0 Å². The molecule has 0 saturated carbocycles. The van der Waals surface area contributed by atoms with E-state index in [1.54, 1.807) is 4.68 Å². The van der Waals surface area contributed by atoms with Crippen molar-refractivity contribution in [1.82, 2.24) is 9.78 Å². The molecule has 134 valence electrons. The van der Waals surface area contributed by atoms with E-state index in [1.165, 1.54) is 11.1 Å². The van der Waals surface area contributed by atoms with Gasteiger partial charge in [0.15, 0.2) is 0 Å². The van der Waals surface area contributed by atoms with E-state index in [4.69, 9.17) is 0 Å². The third-order valence-electron chi connectivity index (χ3n) is 4.86. The Kier molecular flexibility index (Phi) is 4.82. The van der Waals surface area contributed by atoms with E-state index in [0.717, 1.165) is 23.4 Å². The minimum Gasteiger partial charge on any atom is -0.267 e. The summed E-state index contributed by atoms with van der Waals surface area (Å²) in [6.07, 6.45) is 0.786. The van der Waals surface area contributed by atoms with Gasteiger partial charge in [0.2, 0.25) is 0 Å². The van der Waals surface area contributed by atoms with Crippen LogP contribution in [0.25, 0.3) is 0 Å². The molecule has 3 rings (SSSR count). The molecule has 26 heavy (non-hydrogen) atoms. The summed E-state index contributed by atoms with van der Waals surface area (Å²) in [6, 6.07) is 18.1. The van der Waals surface area contributed by atoms with Crippen molar-refractivity contribution in [2.75, 3.05) is 0 Å². The highest BCUT2D eigenvalue weighted by atomic mass is 16.2. The van der Waals surface area contributed by atoms with Gasteiger partial charge in [-0.05, 0) is 42.5 Å². The highest BCUT2D eigenvalue weighted by molar-refractivity contribution is 5.96. The van der Waals surface area contributed by atoms with Crippen molar-refractivity contribution >= 4 is 5.91 Å². The van der Waals surface area contributed by atoms with Gasteiger partial charge in [0.25, 0.3) is 5.91 Å². The zero-order chi connectivity index (χ0) is 18.9. The van der Waals surface area contributed by atoms with E-state index in [0.29, 0.717) is 5.56 Å². The van der Waals surface area contributed by atoms with Gasteiger partial charge in [-0.2, -0.15) is 5.10 Å². The Balaban J connectivity index is 1.90. The van der Waals surface area contributed by atoms with Gasteiger partial charge >= 0.3 is 0 Å². The number of nitrogens with zero attached hydrogens (tertiary/aromatic N) is 2. The zero-order valence-electron chi connectivity index (χ0n) is 16.2. The molecular formula is C23H26N2O. The second-order valence-electron chi connectivity index (χ2n) is 7.86. The third-order valence-corrected chi connectivity index (χ3v) is 4.86. The third kappa shape index (κ3) is 3.62. The molecule has 0 aliphatic heterocycles. The Morgan fingerprint density at radius 2 is 1.58 bits per heavy atom. The zero-order valence-corrected chi connectivity index (χ0v) is 16.2. The van der Waals surface area contributed by atoms with E-state index in [1.807, 2.05) is 56.3 Å². The van der Waals surface area contributed by atoms with Crippen molar-refractivity contribution in [3.8, 4) is 0 Å². The Morgan fingerprint density at radius 1 is 0.962 bits per heavy atom. The van der Waals surface area contributed by atoms with Gasteiger partial charge in [-0.3, -0.25) is 4.79 Å². The number of aromatic nitrogens is 2. The minimum atomic E-state index is -0.0784. The second-order valence-corrected chi connectivity index (χ2v) is 7.86. The van der Waals surface area contributed by atoms with Crippen LogP contribution >= 0.6 is 0 Å². The van der Waals surface area contributed by atoms with Crippen LogP contribution in [0, 0.1) is 13.8 Å². The highest BCUT2D eigenvalue weighted by Gasteiger charge is 2.19. The first-order chi connectivity index (χ1) is 12.3. The molecule has 0 aliphatic carbocycles. The number of hydrogen-bond acceptors (Lipinski definition) is 2. The monoisotopic (exact) mass is 346 g/mol. The first kappa shape index (κ1) is 18.1. The molecule has 0 bridgehead atoms. The van der Waals surface area contributed by atoms with Gasteiger partial charge in [-0.15, -0.1) is 0 Å². The molecule has 3 heteroatoms. The Bertz CT molecular complexity index is 913. The number of aryl methyl sites for hydroxylation is 1. The van der Waals surface area contributed by atoms with Gasteiger partial charge in [0, 0.05) is 23.2 Å². The molecule has 3 nitrogen and oxygen atoms in total. The van der Waals surface area contributed by atoms with Gasteiger partial charge in [0.1, 0.15) is 0 Å². The Labute approximate surface area is 155 Å². The second kappa shape index (κ2) is 6.91. The minimum absolute atomic E-state index is 0.0721. The van der Waals surface area contributed by atoms with Crippen LogP contribution in [0.5, 0.6) is 0 Å². The smallest absolute Gasteiger partial charge is 0.267 e. The summed E-state index contributed by atoms with van der Waals surface area (Å²) in [4.78, 5) is 12.9. The lowest BCUT2D eigenvalue weighted by Gasteiger charge is -2.19. The van der Waals surface area contributed by atoms with Crippen molar-refractivity contribution in [3.63, 3.8) is 0 Å². The van der Waals surface area contributed by atoms with Crippen molar-refractivity contribution in [3.05, 3.63) is 88.2 Å². The average Bonchev–Trinajstić information content (AvgIpc) is 2.89. The topological polar surface area (TPSA) is 34.9 Å². The molecule has 0 unspecified atom stereocenters. The van der Waals surface area contributed by atoms with Crippen molar-refractivity contribution in [2.45, 2.75) is 46.5 Å². The van der Waals surface area contributed by atoms with E-state index < -0.39 is 0 Å². The molecule has 0 aliphatic rings. The fourth-order valence-electron chi connectivity index (χ4n) is 3.16. The molecule has 0 N–H and O–H groups in total. The predicted octanol–water partition coefficient (Wildman–Crippen LogP) is 5.08. The summed E-state index contributed by atoms with van der Waals surface area (Å²) in [5.41, 5.74) is 6.11. The largest absolute Gasteiger partial charge is 0.278 e. The van der Waals surface area contributed by atoms with Crippen molar-refractivity contribution in [1.29, 1.82) is 0 Å². The molecule has 2 aromatic carbocycles. The molecule has 0 fully saturated rings. The molecule has 0 atom stereocenters. The molecule has 0 amide bonds. The first-order valence-electron chi connectivity index (χ1n) is 9.01. The molecule has 0 spiro atoms. The molecule has 3 aromatic rings. The van der Waals surface area contributed by atoms with Crippen LogP contribution in [0.3, 0.4) is 0 Å². The van der Waals surface area contributed by atoms with Crippen molar-refractivity contribution < 1.29 is 4.79 Å². The average molecular weight is 346 g/mol. The summed E-state index contributed by atoms with van der Waals surface area (Å²) in [7, 11) is 0. The Morgan fingerprint density at radius 3 is 2.15 bits per heavy atom. The van der Waals surface area contributed by atoms with Crippen LogP contribution < -0.4 is 0 Å². The van der Waals surface area contributed by atoms with Gasteiger partial charge < -0.3 is 0 Å². The van der Waals surface area contributed by atoms with Crippen LogP contribution in [0.4, 0.5) is 0 Å². The fourth-order valence-corrected chi connectivity index (χ4v) is 3.16. The molecular weight excluding hydrogens is 320 g/mol. The standard InChI is InChI=1S/C23H26N2O/c1-16-21(15-18-9-7-6-8-10-18)17(2)25(24-16)22(26)19-11-13-20(14-12-19)23(3,4)5/h6-14H,15H2,1-5H3. The summed E-state index contributed by atoms with van der Waals surface area (Å²) in [5, 5.41) is 4.52. The normalized spacial score (nSPS) is 11.6. The summed E-state index contributed by atoms with van der Waals surface area (Å²) in [5.74, 6) is -0.0784. The van der Waals surface area contributed by atoms with Gasteiger partial charge in [0.05, 0.1) is 5.69 Å². The maximum atomic E-state index is 12.9. The highest BCUT2D eigenvalue weighted by Crippen LogP contribution is 2.23. The van der Waals surface area contributed by atoms with E-state index in [-0.39, 0.29) is 11.3 Å². The fraction of sp³-hybridized carbons (Fsp3) is 0.304. The van der Waals surface area contributed by atoms with E-state index >= 15 is 0 Å². The van der Waals surface area contributed by atoms with Gasteiger partial charge in [-0.25, -0.2) is 4.68 Å². The molecule has 0 radical (unpaired) electrons. The molecule has 1 heterocycles. The van der Waals surface area contributed by atoms with Crippen LogP contribution in [-0.2, 0) is 11.8 Å². The number of benzene rings is 2. The van der Waals surface area contributed by atoms with Crippen LogP contribution in [-0.4, -0.2) is 15.7 Å². The maximum absolute atomic E-state index is 12.9. The quantitative estimate of drug-likeness (QED) is 0.663. The SMILES string of the molecule is Cc1nn(C(=O)c2ccc(C(C)(C)C)cc2)c(C)c1Cc1ccccc1. The predicted molar refractivity (Wildman–Crippen MR) is 106 cm³/mol. The lowest BCUT2D eigenvalue weighted by atomic mass is 9.87. The molecule has 0 saturated heterocycles. The first-order valence-corrected chi connectivity index (χ1v) is 9.01. The van der Waals surface area contributed by atoms with E-state index in [9.17, 15) is 4.79 Å². The number of carbonyl (C=O) groups is 1. The summed E-state index contributed by atoms with van der Waals surface area (Å²) < 4.78 is 1.54. The molecule has 1 aromatic heterocycles. The lowest BCUT2D eigenvalue weighted by molar-refractivity contribution is 0.0942. The lowest BCUT2D eigenvalue weighted by Crippen LogP contribution is -2.16. The van der Waals surface area contributed by atoms with Crippen LogP contribution in [0.15, 0.2) is 54.6 Å². The van der Waals surface area contributed by atoms with Gasteiger partial charge in [-0.1, -0.05) is 63.2 Å². The number of carbonyl (C=O) groups excluding carboxylic acids is 1. The van der Waals surface area contributed by atoms with Crippen LogP contribution in [0.2, 0.25) is 0 Å². The number of hydrogen-bond donors (Lipinski definition) is 0. The van der Waals surface area contributed by atoms with Crippen LogP contribution in [0.1, 0.15) is 59.2 Å². The number of rotatable bonds is 3. The Hall–Kier alpha value is -2.68. The summed E-state index contributed by atoms with van der Waals surface area (Å²) in [6.45, 7) is 10.4.